The van der Waals surface area contributed by atoms with Crippen LogP contribution in [0.5, 0.6) is 0 Å². The van der Waals surface area contributed by atoms with Gasteiger partial charge in [-0.25, -0.2) is 8.78 Å². The van der Waals surface area contributed by atoms with Crippen molar-refractivity contribution >= 4 is 11.6 Å². The van der Waals surface area contributed by atoms with Crippen molar-refractivity contribution in [3.63, 3.8) is 0 Å². The summed E-state index contributed by atoms with van der Waals surface area (Å²) in [6, 6.07) is 16.0. The minimum atomic E-state index is -0.352. The van der Waals surface area contributed by atoms with Crippen LogP contribution >= 0.6 is 0 Å². The van der Waals surface area contributed by atoms with Crippen LogP contribution in [0.25, 0.3) is 0 Å². The van der Waals surface area contributed by atoms with Crippen molar-refractivity contribution in [1.29, 1.82) is 0 Å². The smallest absolute Gasteiger partial charge is 0.279 e. The summed E-state index contributed by atoms with van der Waals surface area (Å²) >= 11 is 0. The number of carbonyl (C=O) groups is 1. The number of hydrogen-bond acceptors (Lipinski definition) is 1. The average molecular weight is 368 g/mol. The third-order valence-electron chi connectivity index (χ3n) is 4.97. The van der Waals surface area contributed by atoms with E-state index in [0.29, 0.717) is 17.8 Å². The molecule has 0 radical (unpaired) electrons. The van der Waals surface area contributed by atoms with E-state index < -0.39 is 0 Å². The van der Waals surface area contributed by atoms with Gasteiger partial charge in [0.15, 0.2) is 12.6 Å². The molecule has 27 heavy (non-hydrogen) atoms. The van der Waals surface area contributed by atoms with Crippen molar-refractivity contribution in [2.24, 2.45) is 0 Å². The summed E-state index contributed by atoms with van der Waals surface area (Å²) in [5.41, 5.74) is 2.13. The van der Waals surface area contributed by atoms with E-state index in [-0.39, 0.29) is 30.1 Å². The number of carbonyl (C=O) groups excluding carboxylic acids is 1. The maximum absolute atomic E-state index is 14.5. The molecule has 1 unspecified atom stereocenters. The van der Waals surface area contributed by atoms with E-state index in [0.717, 1.165) is 17.1 Å². The Balaban J connectivity index is 1.58. The molecule has 1 amide bonds. The van der Waals surface area contributed by atoms with Crippen molar-refractivity contribution in [1.82, 2.24) is 4.57 Å². The highest BCUT2D eigenvalue weighted by Gasteiger charge is 2.35. The van der Waals surface area contributed by atoms with Gasteiger partial charge in [-0.15, -0.1) is 0 Å². The van der Waals surface area contributed by atoms with Crippen LogP contribution in [0.2, 0.25) is 0 Å². The summed E-state index contributed by atoms with van der Waals surface area (Å²) in [5, 5.41) is 2.79. The predicted molar refractivity (Wildman–Crippen MR) is 98.4 cm³/mol. The second kappa shape index (κ2) is 7.32. The Bertz CT molecular complexity index is 952. The first kappa shape index (κ1) is 17.4. The van der Waals surface area contributed by atoms with Crippen molar-refractivity contribution in [3.05, 3.63) is 89.8 Å². The summed E-state index contributed by atoms with van der Waals surface area (Å²) in [7, 11) is 0. The van der Waals surface area contributed by atoms with E-state index >= 15 is 0 Å². The van der Waals surface area contributed by atoms with Crippen LogP contribution in [-0.4, -0.2) is 23.6 Å². The molecule has 2 heterocycles. The van der Waals surface area contributed by atoms with Gasteiger partial charge in [0.2, 0.25) is 0 Å². The molecule has 0 bridgehead atoms. The normalized spacial score (nSPS) is 18.7. The molecular weight excluding hydrogens is 348 g/mol. The Kier molecular flexibility index (Phi) is 4.73. The van der Waals surface area contributed by atoms with Gasteiger partial charge in [0.05, 0.1) is 24.3 Å². The van der Waals surface area contributed by atoms with Crippen LogP contribution in [0.4, 0.5) is 14.5 Å². The maximum Gasteiger partial charge on any atom is 0.279 e. The molecule has 1 aliphatic rings. The van der Waals surface area contributed by atoms with Gasteiger partial charge in [-0.3, -0.25) is 4.79 Å². The number of nitrogens with zero attached hydrogens (tertiary/aromatic N) is 1. The number of fused-ring (bicyclic) bond motifs is 1. The minimum absolute atomic E-state index is 0.182. The third-order valence-corrected chi connectivity index (χ3v) is 4.97. The van der Waals surface area contributed by atoms with Gasteiger partial charge in [-0.2, -0.15) is 0 Å². The first-order valence-electron chi connectivity index (χ1n) is 8.91. The van der Waals surface area contributed by atoms with Crippen LogP contribution in [0.3, 0.4) is 0 Å². The van der Waals surface area contributed by atoms with E-state index in [1.54, 1.807) is 12.1 Å². The molecule has 4 rings (SSSR count). The zero-order valence-electron chi connectivity index (χ0n) is 14.7. The fraction of sp³-hybridized carbons (Fsp3) is 0.190. The second-order valence-electron chi connectivity index (χ2n) is 6.72. The van der Waals surface area contributed by atoms with Crippen molar-refractivity contribution in [2.75, 3.05) is 18.4 Å². The molecule has 2 aromatic carbocycles. The first-order valence-corrected chi connectivity index (χ1v) is 8.91. The Hall–Kier alpha value is -2.99. The molecule has 0 saturated carbocycles. The summed E-state index contributed by atoms with van der Waals surface area (Å²) in [5.74, 6) is -0.804. The zero-order valence-corrected chi connectivity index (χ0v) is 14.7. The summed E-state index contributed by atoms with van der Waals surface area (Å²) in [6.07, 6.45) is 1.98. The Morgan fingerprint density at radius 1 is 1.07 bits per heavy atom. The molecule has 6 heteroatoms. The van der Waals surface area contributed by atoms with Crippen LogP contribution in [0.15, 0.2) is 66.9 Å². The molecule has 0 saturated heterocycles. The fourth-order valence-electron chi connectivity index (χ4n) is 3.73. The molecule has 138 valence electrons. The van der Waals surface area contributed by atoms with Crippen LogP contribution in [-0.2, 0) is 11.3 Å². The van der Waals surface area contributed by atoms with Gasteiger partial charge in [-0.05, 0) is 48.5 Å². The maximum atomic E-state index is 14.5. The van der Waals surface area contributed by atoms with E-state index in [1.807, 2.05) is 24.4 Å². The monoisotopic (exact) mass is 368 g/mol. The van der Waals surface area contributed by atoms with E-state index in [4.69, 9.17) is 0 Å². The number of halogens is 2. The summed E-state index contributed by atoms with van der Waals surface area (Å²) < 4.78 is 29.6. The van der Waals surface area contributed by atoms with E-state index in [1.165, 1.54) is 30.3 Å². The topological polar surface area (TPSA) is 38.5 Å². The Morgan fingerprint density at radius 2 is 1.85 bits per heavy atom. The lowest BCUT2D eigenvalue weighted by molar-refractivity contribution is -0.922. The number of aromatic nitrogens is 1. The average Bonchev–Trinajstić information content (AvgIpc) is 3.13. The molecule has 1 aliphatic heterocycles. The largest absolute Gasteiger partial charge is 0.340 e. The summed E-state index contributed by atoms with van der Waals surface area (Å²) in [4.78, 5) is 13.5. The standard InChI is InChI=1S/C21H19F2N3O/c22-15-7-9-16(10-8-15)24-20(27)14-26-13-12-25-11-3-6-19(25)21(26)17-4-1-2-5-18(17)23/h1-11,21H,12-14H2,(H,24,27)/p+1/t21-/m1/s1. The van der Waals surface area contributed by atoms with Gasteiger partial charge in [0.1, 0.15) is 11.6 Å². The van der Waals surface area contributed by atoms with Crippen LogP contribution < -0.4 is 10.2 Å². The Labute approximate surface area is 156 Å². The van der Waals surface area contributed by atoms with Gasteiger partial charge >= 0.3 is 0 Å². The van der Waals surface area contributed by atoms with Crippen LogP contribution in [0.1, 0.15) is 17.3 Å². The molecule has 3 aromatic rings. The summed E-state index contributed by atoms with van der Waals surface area (Å²) in [6.45, 7) is 1.67. The van der Waals surface area contributed by atoms with Crippen molar-refractivity contribution in [3.8, 4) is 0 Å². The molecule has 2 N–H and O–H groups in total. The fourth-order valence-corrected chi connectivity index (χ4v) is 3.73. The highest BCUT2D eigenvalue weighted by atomic mass is 19.1. The van der Waals surface area contributed by atoms with E-state index in [9.17, 15) is 13.6 Å². The lowest BCUT2D eigenvalue weighted by Gasteiger charge is -2.34. The first-order chi connectivity index (χ1) is 13.1. The SMILES string of the molecule is O=C(C[NH+]1CCn2cccc2[C@H]1c1ccccc1F)Nc1ccc(F)cc1. The predicted octanol–water partition coefficient (Wildman–Crippen LogP) is 2.39. The zero-order chi connectivity index (χ0) is 18.8. The lowest BCUT2D eigenvalue weighted by atomic mass is 9.99. The molecule has 4 nitrogen and oxygen atoms in total. The molecular formula is C21H20F2N3O+. The van der Waals surface area contributed by atoms with Gasteiger partial charge in [-0.1, -0.05) is 12.1 Å². The van der Waals surface area contributed by atoms with Crippen LogP contribution in [0, 0.1) is 11.6 Å². The molecule has 2 atom stereocenters. The van der Waals surface area contributed by atoms with Crippen molar-refractivity contribution in [2.45, 2.75) is 12.6 Å². The van der Waals surface area contributed by atoms with Gasteiger partial charge in [0.25, 0.3) is 5.91 Å². The van der Waals surface area contributed by atoms with E-state index in [2.05, 4.69) is 9.88 Å². The van der Waals surface area contributed by atoms with Crippen molar-refractivity contribution < 1.29 is 18.5 Å². The number of hydrogen-bond donors (Lipinski definition) is 2. The number of anilines is 1. The molecule has 1 aromatic heterocycles. The highest BCUT2D eigenvalue weighted by molar-refractivity contribution is 5.91. The van der Waals surface area contributed by atoms with Gasteiger partial charge < -0.3 is 14.8 Å². The number of amides is 1. The molecule has 0 fully saturated rings. The van der Waals surface area contributed by atoms with Gasteiger partial charge in [0, 0.05) is 11.9 Å². The number of nitrogens with one attached hydrogen (secondary N) is 2. The Morgan fingerprint density at radius 3 is 2.63 bits per heavy atom. The second-order valence-corrected chi connectivity index (χ2v) is 6.72. The molecule has 0 spiro atoms. The number of benzene rings is 2. The number of quaternary nitrogens is 1. The number of rotatable bonds is 4. The third kappa shape index (κ3) is 3.61. The minimum Gasteiger partial charge on any atom is -0.340 e. The quantitative estimate of drug-likeness (QED) is 0.729. The lowest BCUT2D eigenvalue weighted by Crippen LogP contribution is -3.14. The molecule has 0 aliphatic carbocycles. The highest BCUT2D eigenvalue weighted by Crippen LogP contribution is 2.24.